The Hall–Kier alpha value is -2.18. The maximum absolute atomic E-state index is 12.9. The van der Waals surface area contributed by atoms with Gasteiger partial charge in [-0.15, -0.1) is 0 Å². The summed E-state index contributed by atoms with van der Waals surface area (Å²) in [7, 11) is 2.07. The molecular weight excluding hydrogens is 374 g/mol. The number of rotatable bonds is 6. The predicted molar refractivity (Wildman–Crippen MR) is 123 cm³/mol. The van der Waals surface area contributed by atoms with E-state index in [1.165, 1.54) is 0 Å². The number of carbonyl (C=O) groups excluding carboxylic acids is 1. The molecule has 0 saturated carbocycles. The van der Waals surface area contributed by atoms with Crippen LogP contribution in [0.3, 0.4) is 0 Å². The highest BCUT2D eigenvalue weighted by Crippen LogP contribution is 2.26. The van der Waals surface area contributed by atoms with Gasteiger partial charge >= 0.3 is 0 Å². The number of nitrogens with zero attached hydrogens (tertiary/aromatic N) is 4. The molecule has 6 nitrogen and oxygen atoms in total. The van der Waals surface area contributed by atoms with Crippen LogP contribution in [0, 0.1) is 5.92 Å². The van der Waals surface area contributed by atoms with Crippen LogP contribution in [-0.2, 0) is 10.2 Å². The Labute approximate surface area is 181 Å². The molecule has 164 valence electrons. The third kappa shape index (κ3) is 5.29. The summed E-state index contributed by atoms with van der Waals surface area (Å²) in [6.07, 6.45) is 1.11. The number of benzene rings is 1. The van der Waals surface area contributed by atoms with Crippen LogP contribution in [-0.4, -0.2) is 64.8 Å². The zero-order chi connectivity index (χ0) is 21.9. The van der Waals surface area contributed by atoms with Crippen LogP contribution in [0.15, 0.2) is 36.4 Å². The SMILES string of the molecule is CCN1CC[C@@H](N(C)CC(=O)Nc2cc(C(C)(C)C)nn2-c2ccccc2)[C@@H](C)C1. The first-order valence-corrected chi connectivity index (χ1v) is 11.1. The molecule has 2 aromatic rings. The fourth-order valence-electron chi connectivity index (χ4n) is 4.29. The van der Waals surface area contributed by atoms with E-state index in [9.17, 15) is 4.79 Å². The molecule has 1 aliphatic heterocycles. The van der Waals surface area contributed by atoms with E-state index in [-0.39, 0.29) is 11.3 Å². The smallest absolute Gasteiger partial charge is 0.239 e. The van der Waals surface area contributed by atoms with Gasteiger partial charge in [-0.25, -0.2) is 4.68 Å². The third-order valence-corrected chi connectivity index (χ3v) is 6.10. The Morgan fingerprint density at radius 3 is 2.57 bits per heavy atom. The van der Waals surface area contributed by atoms with Gasteiger partial charge in [-0.2, -0.15) is 5.10 Å². The molecule has 1 N–H and O–H groups in total. The van der Waals surface area contributed by atoms with Crippen molar-refractivity contribution in [3.05, 3.63) is 42.1 Å². The van der Waals surface area contributed by atoms with Crippen molar-refractivity contribution in [2.75, 3.05) is 38.5 Å². The number of anilines is 1. The van der Waals surface area contributed by atoms with Gasteiger partial charge in [0.2, 0.25) is 5.91 Å². The summed E-state index contributed by atoms with van der Waals surface area (Å²) < 4.78 is 1.83. The number of likely N-dealkylation sites (tertiary alicyclic amines) is 1. The summed E-state index contributed by atoms with van der Waals surface area (Å²) in [5.74, 6) is 1.28. The zero-order valence-corrected chi connectivity index (χ0v) is 19.4. The number of likely N-dealkylation sites (N-methyl/N-ethyl adjacent to an activating group) is 1. The van der Waals surface area contributed by atoms with Crippen molar-refractivity contribution in [1.82, 2.24) is 19.6 Å². The summed E-state index contributed by atoms with van der Waals surface area (Å²) in [5.41, 5.74) is 1.80. The Morgan fingerprint density at radius 2 is 1.97 bits per heavy atom. The first-order chi connectivity index (χ1) is 14.2. The number of carbonyl (C=O) groups is 1. The monoisotopic (exact) mass is 411 g/mol. The number of hydrogen-bond donors (Lipinski definition) is 1. The molecule has 30 heavy (non-hydrogen) atoms. The predicted octanol–water partition coefficient (Wildman–Crippen LogP) is 3.77. The van der Waals surface area contributed by atoms with Gasteiger partial charge < -0.3 is 10.2 Å². The molecule has 2 heterocycles. The van der Waals surface area contributed by atoms with Crippen molar-refractivity contribution < 1.29 is 4.79 Å². The topological polar surface area (TPSA) is 53.4 Å². The summed E-state index contributed by atoms with van der Waals surface area (Å²) in [5, 5.41) is 7.90. The van der Waals surface area contributed by atoms with Gasteiger partial charge in [-0.05, 0) is 44.6 Å². The van der Waals surface area contributed by atoms with Crippen LogP contribution >= 0.6 is 0 Å². The van der Waals surface area contributed by atoms with Crippen LogP contribution in [0.1, 0.15) is 46.7 Å². The highest BCUT2D eigenvalue weighted by molar-refractivity contribution is 5.91. The lowest BCUT2D eigenvalue weighted by Crippen LogP contribution is -2.50. The van der Waals surface area contributed by atoms with Crippen LogP contribution in [0.2, 0.25) is 0 Å². The van der Waals surface area contributed by atoms with Gasteiger partial charge in [-0.1, -0.05) is 52.8 Å². The average Bonchev–Trinajstić information content (AvgIpc) is 3.12. The fourth-order valence-corrected chi connectivity index (χ4v) is 4.29. The fraction of sp³-hybridized carbons (Fsp3) is 0.583. The van der Waals surface area contributed by atoms with Crippen LogP contribution in [0.25, 0.3) is 5.69 Å². The highest BCUT2D eigenvalue weighted by Gasteiger charge is 2.29. The van der Waals surface area contributed by atoms with Crippen molar-refractivity contribution in [2.45, 2.75) is 52.5 Å². The normalized spacial score (nSPS) is 20.5. The first-order valence-electron chi connectivity index (χ1n) is 11.1. The largest absolute Gasteiger partial charge is 0.309 e. The van der Waals surface area contributed by atoms with E-state index >= 15 is 0 Å². The molecule has 6 heteroatoms. The van der Waals surface area contributed by atoms with E-state index < -0.39 is 0 Å². The molecule has 0 spiro atoms. The highest BCUT2D eigenvalue weighted by atomic mass is 16.2. The lowest BCUT2D eigenvalue weighted by Gasteiger charge is -2.40. The van der Waals surface area contributed by atoms with E-state index in [1.54, 1.807) is 0 Å². The standard InChI is InChI=1S/C24H37N5O/c1-7-28-14-13-20(18(2)16-28)27(6)17-23(30)25-22-15-21(24(3,4)5)26-29(22)19-11-9-8-10-12-19/h8-12,15,18,20H,7,13-14,16-17H2,1-6H3,(H,25,30)/t18-,20+/m0/s1. The molecular formula is C24H37N5O. The van der Waals surface area contributed by atoms with Crippen LogP contribution in [0.5, 0.6) is 0 Å². The minimum atomic E-state index is -0.0982. The Balaban J connectivity index is 1.72. The molecule has 1 fully saturated rings. The number of para-hydroxylation sites is 1. The number of piperidine rings is 1. The average molecular weight is 412 g/mol. The molecule has 1 aliphatic rings. The van der Waals surface area contributed by atoms with Gasteiger partial charge in [0.15, 0.2) is 0 Å². The lowest BCUT2D eigenvalue weighted by atomic mass is 9.92. The van der Waals surface area contributed by atoms with E-state index in [4.69, 9.17) is 5.10 Å². The molecule has 0 unspecified atom stereocenters. The maximum atomic E-state index is 12.9. The van der Waals surface area contributed by atoms with Crippen molar-refractivity contribution >= 4 is 11.7 Å². The second-order valence-electron chi connectivity index (χ2n) is 9.60. The third-order valence-electron chi connectivity index (χ3n) is 6.10. The minimum Gasteiger partial charge on any atom is -0.309 e. The second kappa shape index (κ2) is 9.31. The van der Waals surface area contributed by atoms with Gasteiger partial charge in [0.1, 0.15) is 5.82 Å². The van der Waals surface area contributed by atoms with Crippen molar-refractivity contribution in [3.63, 3.8) is 0 Å². The molecule has 1 aromatic heterocycles. The van der Waals surface area contributed by atoms with Gasteiger partial charge in [0.05, 0.1) is 17.9 Å². The molecule has 1 saturated heterocycles. The van der Waals surface area contributed by atoms with E-state index in [1.807, 2.05) is 41.1 Å². The molecule has 2 atom stereocenters. The van der Waals surface area contributed by atoms with Crippen LogP contribution < -0.4 is 5.32 Å². The Kier molecular flexibility index (Phi) is 6.98. The van der Waals surface area contributed by atoms with E-state index in [0.717, 1.165) is 43.3 Å². The molecule has 1 aromatic carbocycles. The first kappa shape index (κ1) is 22.5. The Morgan fingerprint density at radius 1 is 1.27 bits per heavy atom. The molecule has 3 rings (SSSR count). The summed E-state index contributed by atoms with van der Waals surface area (Å²) in [4.78, 5) is 17.6. The molecule has 0 bridgehead atoms. The number of amides is 1. The van der Waals surface area contributed by atoms with E-state index in [0.29, 0.717) is 18.5 Å². The van der Waals surface area contributed by atoms with Crippen LogP contribution in [0.4, 0.5) is 5.82 Å². The zero-order valence-electron chi connectivity index (χ0n) is 19.4. The number of nitrogens with one attached hydrogen (secondary N) is 1. The quantitative estimate of drug-likeness (QED) is 0.786. The van der Waals surface area contributed by atoms with Crippen molar-refractivity contribution in [3.8, 4) is 5.69 Å². The number of aromatic nitrogens is 2. The van der Waals surface area contributed by atoms with Crippen molar-refractivity contribution in [2.24, 2.45) is 5.92 Å². The maximum Gasteiger partial charge on any atom is 0.239 e. The molecule has 0 radical (unpaired) electrons. The van der Waals surface area contributed by atoms with Gasteiger partial charge in [-0.3, -0.25) is 9.69 Å². The lowest BCUT2D eigenvalue weighted by molar-refractivity contribution is -0.118. The molecule has 0 aliphatic carbocycles. The summed E-state index contributed by atoms with van der Waals surface area (Å²) in [6.45, 7) is 14.6. The van der Waals surface area contributed by atoms with Gasteiger partial charge in [0, 0.05) is 24.1 Å². The minimum absolute atomic E-state index is 0.000149. The van der Waals surface area contributed by atoms with Gasteiger partial charge in [0.25, 0.3) is 0 Å². The molecule has 1 amide bonds. The number of hydrogen-bond acceptors (Lipinski definition) is 4. The second-order valence-corrected chi connectivity index (χ2v) is 9.60. The summed E-state index contributed by atoms with van der Waals surface area (Å²) in [6, 6.07) is 12.4. The Bertz CT molecular complexity index is 839. The van der Waals surface area contributed by atoms with E-state index in [2.05, 4.69) is 56.8 Å². The summed E-state index contributed by atoms with van der Waals surface area (Å²) >= 11 is 0. The van der Waals surface area contributed by atoms with Crippen molar-refractivity contribution in [1.29, 1.82) is 0 Å².